The monoisotopic (exact) mass is 384 g/mol. The quantitative estimate of drug-likeness (QED) is 0.261. The molecule has 0 saturated carbocycles. The molecule has 0 bridgehead atoms. The van der Waals surface area contributed by atoms with Gasteiger partial charge in [0.2, 0.25) is 0 Å². The summed E-state index contributed by atoms with van der Waals surface area (Å²) in [5.74, 6) is 0.453. The highest BCUT2D eigenvalue weighted by molar-refractivity contribution is 6.78. The van der Waals surface area contributed by atoms with E-state index in [-0.39, 0.29) is 5.97 Å². The van der Waals surface area contributed by atoms with E-state index in [1.165, 1.54) is 63.8 Å². The van der Waals surface area contributed by atoms with E-state index in [1.807, 2.05) is 6.92 Å². The third-order valence-corrected chi connectivity index (χ3v) is 9.34. The van der Waals surface area contributed by atoms with E-state index in [0.29, 0.717) is 18.8 Å². The molecular weight excluding hydrogens is 340 g/mol. The molecule has 1 saturated heterocycles. The molecule has 0 amide bonds. The molecule has 0 radical (unpaired) electrons. The Hall–Kier alpha value is -0.393. The minimum Gasteiger partial charge on any atom is -0.466 e. The normalized spacial score (nSPS) is 18.8. The molecule has 1 atom stereocenters. The summed E-state index contributed by atoms with van der Waals surface area (Å²) >= 11 is 0. The Bertz CT molecular complexity index is 377. The number of esters is 1. The van der Waals surface area contributed by atoms with E-state index in [9.17, 15) is 4.79 Å². The van der Waals surface area contributed by atoms with Crippen molar-refractivity contribution in [2.45, 2.75) is 103 Å². The molecule has 1 rings (SSSR count). The van der Waals surface area contributed by atoms with Crippen molar-refractivity contribution in [1.82, 2.24) is 10.2 Å². The summed E-state index contributed by atoms with van der Waals surface area (Å²) in [4.78, 5) is 14.2. The molecule has 154 valence electrons. The summed E-state index contributed by atoms with van der Waals surface area (Å²) in [7, 11) is -1.37. The van der Waals surface area contributed by atoms with E-state index in [2.05, 4.69) is 30.2 Å². The van der Waals surface area contributed by atoms with Gasteiger partial charge in [-0.3, -0.25) is 9.69 Å². The van der Waals surface area contributed by atoms with Crippen LogP contribution in [0.2, 0.25) is 19.1 Å². The van der Waals surface area contributed by atoms with Gasteiger partial charge in [-0.2, -0.15) is 0 Å². The van der Waals surface area contributed by atoms with Gasteiger partial charge in [0.25, 0.3) is 0 Å². The van der Waals surface area contributed by atoms with Gasteiger partial charge in [-0.05, 0) is 19.9 Å². The van der Waals surface area contributed by atoms with Gasteiger partial charge in [0.05, 0.1) is 21.1 Å². The number of carbonyl (C=O) groups is 1. The highest BCUT2D eigenvalue weighted by Gasteiger charge is 2.36. The second-order valence-electron chi connectivity index (χ2n) is 8.51. The van der Waals surface area contributed by atoms with Gasteiger partial charge in [0.15, 0.2) is 0 Å². The molecule has 4 nitrogen and oxygen atoms in total. The number of carbonyl (C=O) groups excluding carboxylic acids is 1. The topological polar surface area (TPSA) is 41.6 Å². The predicted octanol–water partition coefficient (Wildman–Crippen LogP) is 4.95. The van der Waals surface area contributed by atoms with E-state index in [1.54, 1.807) is 0 Å². The molecule has 5 heteroatoms. The Morgan fingerprint density at radius 2 is 1.73 bits per heavy atom. The first kappa shape index (κ1) is 23.6. The number of nitrogens with one attached hydrogen (secondary N) is 1. The molecule has 1 heterocycles. The van der Waals surface area contributed by atoms with Crippen molar-refractivity contribution in [3.8, 4) is 0 Å². The third-order valence-electron chi connectivity index (χ3n) is 5.65. The summed E-state index contributed by atoms with van der Waals surface area (Å²) in [6.45, 7) is 12.8. The second kappa shape index (κ2) is 13.7. The Labute approximate surface area is 163 Å². The lowest BCUT2D eigenvalue weighted by Crippen LogP contribution is -2.64. The van der Waals surface area contributed by atoms with Gasteiger partial charge in [-0.1, -0.05) is 77.4 Å². The molecule has 0 spiro atoms. The number of hydrogen-bond acceptors (Lipinski definition) is 4. The van der Waals surface area contributed by atoms with Crippen molar-refractivity contribution < 1.29 is 9.53 Å². The van der Waals surface area contributed by atoms with Gasteiger partial charge >= 0.3 is 5.97 Å². The van der Waals surface area contributed by atoms with Crippen LogP contribution in [0.3, 0.4) is 0 Å². The SMILES string of the molecule is CCCCCCCCCC[Si](C)(C)C1NCCCN1CCC(=O)OCC. The Balaban J connectivity index is 2.32. The van der Waals surface area contributed by atoms with Crippen LogP contribution in [0.15, 0.2) is 0 Å². The lowest BCUT2D eigenvalue weighted by molar-refractivity contribution is -0.143. The molecule has 1 aliphatic rings. The number of nitrogens with zero attached hydrogens (tertiary/aromatic N) is 1. The third kappa shape index (κ3) is 9.52. The predicted molar refractivity (Wildman–Crippen MR) is 114 cm³/mol. The zero-order chi connectivity index (χ0) is 19.3. The minimum atomic E-state index is -1.37. The fourth-order valence-electron chi connectivity index (χ4n) is 4.11. The van der Waals surface area contributed by atoms with Crippen molar-refractivity contribution in [1.29, 1.82) is 0 Å². The van der Waals surface area contributed by atoms with Gasteiger partial charge in [0, 0.05) is 18.9 Å². The summed E-state index contributed by atoms with van der Waals surface area (Å²) in [6.07, 6.45) is 12.8. The summed E-state index contributed by atoms with van der Waals surface area (Å²) in [6, 6.07) is 1.38. The van der Waals surface area contributed by atoms with Crippen LogP contribution in [-0.2, 0) is 9.53 Å². The summed E-state index contributed by atoms with van der Waals surface area (Å²) < 4.78 is 5.11. The second-order valence-corrected chi connectivity index (χ2v) is 13.5. The maximum absolute atomic E-state index is 11.7. The van der Waals surface area contributed by atoms with Crippen molar-refractivity contribution in [2.75, 3.05) is 26.2 Å². The molecule has 1 unspecified atom stereocenters. The Morgan fingerprint density at radius 3 is 2.38 bits per heavy atom. The minimum absolute atomic E-state index is 0.0561. The molecule has 26 heavy (non-hydrogen) atoms. The van der Waals surface area contributed by atoms with Crippen LogP contribution in [-0.4, -0.2) is 51.0 Å². The van der Waals surface area contributed by atoms with E-state index in [4.69, 9.17) is 4.74 Å². The molecule has 1 fully saturated rings. The van der Waals surface area contributed by atoms with Crippen molar-refractivity contribution in [3.63, 3.8) is 0 Å². The zero-order valence-electron chi connectivity index (χ0n) is 17.9. The molecule has 0 aromatic rings. The average molecular weight is 385 g/mol. The largest absolute Gasteiger partial charge is 0.466 e. The van der Waals surface area contributed by atoms with Crippen LogP contribution < -0.4 is 5.32 Å². The van der Waals surface area contributed by atoms with Crippen molar-refractivity contribution in [3.05, 3.63) is 0 Å². The molecule has 0 aromatic heterocycles. The summed E-state index contributed by atoms with van der Waals surface area (Å²) in [5.41, 5.74) is 0. The fraction of sp³-hybridized carbons (Fsp3) is 0.952. The van der Waals surface area contributed by atoms with Gasteiger partial charge in [-0.25, -0.2) is 0 Å². The van der Waals surface area contributed by atoms with Crippen LogP contribution >= 0.6 is 0 Å². The van der Waals surface area contributed by atoms with Crippen molar-refractivity contribution >= 4 is 14.0 Å². The van der Waals surface area contributed by atoms with E-state index in [0.717, 1.165) is 19.6 Å². The van der Waals surface area contributed by atoms with E-state index < -0.39 is 8.07 Å². The van der Waals surface area contributed by atoms with Crippen LogP contribution in [0.1, 0.15) is 78.1 Å². The first-order chi connectivity index (χ1) is 12.5. The lowest BCUT2D eigenvalue weighted by Gasteiger charge is -2.44. The molecular formula is C21H44N2O2Si. The lowest BCUT2D eigenvalue weighted by atomic mass is 10.1. The molecule has 1 aliphatic heterocycles. The average Bonchev–Trinajstić information content (AvgIpc) is 2.62. The number of ether oxygens (including phenoxy) is 1. The standard InChI is InChI=1S/C21H44N2O2Si/c1-5-7-8-9-10-11-12-13-19-26(3,4)21-22-16-14-17-23(21)18-15-20(24)25-6-2/h21-22H,5-19H2,1-4H3. The molecule has 0 aromatic carbocycles. The fourth-order valence-corrected chi connectivity index (χ4v) is 7.49. The highest BCUT2D eigenvalue weighted by atomic mass is 28.3. The number of unbranched alkanes of at least 4 members (excludes halogenated alkanes) is 7. The number of rotatable bonds is 14. The highest BCUT2D eigenvalue weighted by Crippen LogP contribution is 2.24. The maximum atomic E-state index is 11.7. The van der Waals surface area contributed by atoms with Crippen LogP contribution in [0.4, 0.5) is 0 Å². The summed E-state index contributed by atoms with van der Waals surface area (Å²) in [5, 5.41) is 3.78. The first-order valence-corrected chi connectivity index (χ1v) is 14.4. The van der Waals surface area contributed by atoms with Crippen molar-refractivity contribution in [2.24, 2.45) is 0 Å². The van der Waals surface area contributed by atoms with E-state index >= 15 is 0 Å². The smallest absolute Gasteiger partial charge is 0.307 e. The first-order valence-electron chi connectivity index (χ1n) is 11.1. The van der Waals surface area contributed by atoms with Crippen LogP contribution in [0.25, 0.3) is 0 Å². The Kier molecular flexibility index (Phi) is 12.5. The number of hydrogen-bond donors (Lipinski definition) is 1. The molecule has 1 N–H and O–H groups in total. The van der Waals surface area contributed by atoms with Gasteiger partial charge in [0.1, 0.15) is 0 Å². The van der Waals surface area contributed by atoms with Crippen LogP contribution in [0, 0.1) is 0 Å². The van der Waals surface area contributed by atoms with Gasteiger partial charge < -0.3 is 10.1 Å². The maximum Gasteiger partial charge on any atom is 0.307 e. The Morgan fingerprint density at radius 1 is 1.08 bits per heavy atom. The van der Waals surface area contributed by atoms with Gasteiger partial charge in [-0.15, -0.1) is 0 Å². The molecule has 0 aliphatic carbocycles. The zero-order valence-corrected chi connectivity index (χ0v) is 18.9. The van der Waals surface area contributed by atoms with Crippen LogP contribution in [0.5, 0.6) is 0 Å².